The van der Waals surface area contributed by atoms with Crippen LogP contribution in [0.1, 0.15) is 29.9 Å². The minimum atomic E-state index is -0.304. The number of aromatic nitrogens is 4. The van der Waals surface area contributed by atoms with E-state index in [1.54, 1.807) is 32.1 Å². The number of imidazole rings is 1. The van der Waals surface area contributed by atoms with Gasteiger partial charge in [0.25, 0.3) is 5.56 Å². The van der Waals surface area contributed by atoms with Gasteiger partial charge < -0.3 is 14.6 Å². The highest BCUT2D eigenvalue weighted by atomic mass is 16.5. The molecule has 3 atom stereocenters. The molecule has 1 aliphatic carbocycles. The topological polar surface area (TPSA) is 83.1 Å². The number of benzene rings is 1. The lowest BCUT2D eigenvalue weighted by molar-refractivity contribution is 0.337. The van der Waals surface area contributed by atoms with E-state index in [-0.39, 0.29) is 17.3 Å². The molecule has 0 saturated carbocycles. The van der Waals surface area contributed by atoms with Crippen molar-refractivity contribution < 1.29 is 4.74 Å². The molecule has 0 bridgehead atoms. The Labute approximate surface area is 174 Å². The van der Waals surface area contributed by atoms with E-state index in [0.717, 1.165) is 31.6 Å². The summed E-state index contributed by atoms with van der Waals surface area (Å²) in [5.41, 5.74) is 3.01. The maximum Gasteiger partial charge on any atom is 0.332 e. The smallest absolute Gasteiger partial charge is 0.332 e. The Bertz CT molecular complexity index is 1240. The summed E-state index contributed by atoms with van der Waals surface area (Å²) in [7, 11) is 5.21. The van der Waals surface area contributed by atoms with Gasteiger partial charge in [0.15, 0.2) is 5.52 Å². The van der Waals surface area contributed by atoms with Crippen LogP contribution in [0, 0.1) is 5.92 Å². The minimum Gasteiger partial charge on any atom is -0.496 e. The number of ether oxygens (including phenoxy) is 1. The zero-order valence-corrected chi connectivity index (χ0v) is 17.6. The molecule has 158 valence electrons. The SMILES string of the molecule is COc1cccc2c1CC[C@H]1C(CCn3c(=O)c4ncn(C)c4n(C)c3=O)NC[C@@H]21. The van der Waals surface area contributed by atoms with Crippen LogP contribution in [-0.2, 0) is 27.1 Å². The molecule has 0 radical (unpaired) electrons. The van der Waals surface area contributed by atoms with E-state index < -0.39 is 0 Å². The van der Waals surface area contributed by atoms with Gasteiger partial charge in [-0.05, 0) is 42.4 Å². The maximum atomic E-state index is 12.9. The van der Waals surface area contributed by atoms with Gasteiger partial charge in [-0.2, -0.15) is 0 Å². The standard InChI is InChI=1S/C22H27N5O3/c1-25-12-24-19-20(25)26(2)22(29)27(21(19)28)10-9-17-14-7-8-15-13(16(14)11-23-17)5-4-6-18(15)30-3/h4-6,12,14,16-17,23H,7-11H2,1-3H3/t14-,16+,17?/m1/s1. The largest absolute Gasteiger partial charge is 0.496 e. The van der Waals surface area contributed by atoms with Gasteiger partial charge in [0, 0.05) is 39.1 Å². The lowest BCUT2D eigenvalue weighted by Crippen LogP contribution is -2.41. The van der Waals surface area contributed by atoms with E-state index in [2.05, 4.69) is 22.4 Å². The lowest BCUT2D eigenvalue weighted by atomic mass is 9.74. The first-order valence-corrected chi connectivity index (χ1v) is 10.5. The monoisotopic (exact) mass is 409 g/mol. The number of hydrogen-bond acceptors (Lipinski definition) is 5. The summed E-state index contributed by atoms with van der Waals surface area (Å²) >= 11 is 0. The van der Waals surface area contributed by atoms with Crippen LogP contribution in [-0.4, -0.2) is 38.4 Å². The Morgan fingerprint density at radius 1 is 1.27 bits per heavy atom. The third-order valence-electron chi connectivity index (χ3n) is 7.00. The van der Waals surface area contributed by atoms with Crippen LogP contribution in [0.25, 0.3) is 11.2 Å². The number of rotatable bonds is 4. The van der Waals surface area contributed by atoms with Crippen LogP contribution < -0.4 is 21.3 Å². The third-order valence-corrected chi connectivity index (χ3v) is 7.00. The Balaban J connectivity index is 1.40. The van der Waals surface area contributed by atoms with Gasteiger partial charge >= 0.3 is 5.69 Å². The van der Waals surface area contributed by atoms with Gasteiger partial charge in [0.1, 0.15) is 11.4 Å². The van der Waals surface area contributed by atoms with E-state index in [1.165, 1.54) is 20.3 Å². The van der Waals surface area contributed by atoms with Crippen molar-refractivity contribution in [3.05, 3.63) is 56.5 Å². The minimum absolute atomic E-state index is 0.283. The molecule has 1 fully saturated rings. The molecule has 3 heterocycles. The molecule has 2 aromatic heterocycles. The lowest BCUT2D eigenvalue weighted by Gasteiger charge is -2.31. The van der Waals surface area contributed by atoms with E-state index in [4.69, 9.17) is 4.74 Å². The molecule has 3 aromatic rings. The average molecular weight is 409 g/mol. The fourth-order valence-corrected chi connectivity index (χ4v) is 5.54. The summed E-state index contributed by atoms with van der Waals surface area (Å²) in [6.45, 7) is 1.31. The van der Waals surface area contributed by atoms with E-state index in [0.29, 0.717) is 29.5 Å². The summed E-state index contributed by atoms with van der Waals surface area (Å²) in [5, 5.41) is 3.66. The Morgan fingerprint density at radius 3 is 2.90 bits per heavy atom. The molecule has 1 unspecified atom stereocenters. The molecular formula is C22H27N5O3. The first-order chi connectivity index (χ1) is 14.5. The van der Waals surface area contributed by atoms with Crippen molar-refractivity contribution in [3.8, 4) is 5.75 Å². The molecule has 1 saturated heterocycles. The molecule has 1 aromatic carbocycles. The van der Waals surface area contributed by atoms with E-state index in [9.17, 15) is 9.59 Å². The number of hydrogen-bond donors (Lipinski definition) is 1. The molecular weight excluding hydrogens is 382 g/mol. The van der Waals surface area contributed by atoms with Crippen LogP contribution in [0.3, 0.4) is 0 Å². The summed E-state index contributed by atoms with van der Waals surface area (Å²) in [4.78, 5) is 29.9. The number of fused-ring (bicyclic) bond motifs is 4. The number of nitrogens with one attached hydrogen (secondary N) is 1. The second kappa shape index (κ2) is 7.12. The summed E-state index contributed by atoms with van der Waals surface area (Å²) < 4.78 is 10.1. The van der Waals surface area contributed by atoms with Crippen LogP contribution in [0.5, 0.6) is 5.75 Å². The van der Waals surface area contributed by atoms with Crippen LogP contribution in [0.15, 0.2) is 34.1 Å². The van der Waals surface area contributed by atoms with Crippen LogP contribution in [0.2, 0.25) is 0 Å². The normalized spacial score (nSPS) is 22.8. The van der Waals surface area contributed by atoms with Gasteiger partial charge in [-0.1, -0.05) is 12.1 Å². The van der Waals surface area contributed by atoms with Crippen molar-refractivity contribution in [1.29, 1.82) is 0 Å². The summed E-state index contributed by atoms with van der Waals surface area (Å²) in [6.07, 6.45) is 4.41. The van der Waals surface area contributed by atoms with E-state index >= 15 is 0 Å². The fraction of sp³-hybridized carbons (Fsp3) is 0.500. The predicted octanol–water partition coefficient (Wildman–Crippen LogP) is 1.15. The second-order valence-corrected chi connectivity index (χ2v) is 8.47. The first kappa shape index (κ1) is 19.1. The van der Waals surface area contributed by atoms with Crippen LogP contribution >= 0.6 is 0 Å². The predicted molar refractivity (Wildman–Crippen MR) is 114 cm³/mol. The number of aryl methyl sites for hydroxylation is 2. The molecule has 8 heteroatoms. The van der Waals surface area contributed by atoms with Crippen molar-refractivity contribution in [3.63, 3.8) is 0 Å². The number of methoxy groups -OCH3 is 1. The van der Waals surface area contributed by atoms with E-state index in [1.807, 2.05) is 6.07 Å². The van der Waals surface area contributed by atoms with Gasteiger partial charge in [-0.15, -0.1) is 0 Å². The molecule has 30 heavy (non-hydrogen) atoms. The molecule has 2 aliphatic rings. The number of nitrogens with zero attached hydrogens (tertiary/aromatic N) is 4. The molecule has 0 amide bonds. The highest BCUT2D eigenvalue weighted by Gasteiger charge is 2.40. The molecule has 0 spiro atoms. The molecule has 5 rings (SSSR count). The zero-order chi connectivity index (χ0) is 21.0. The molecule has 1 aliphatic heterocycles. The highest BCUT2D eigenvalue weighted by Crippen LogP contribution is 2.44. The van der Waals surface area contributed by atoms with Gasteiger partial charge in [0.05, 0.1) is 13.4 Å². The van der Waals surface area contributed by atoms with Crippen molar-refractivity contribution in [2.45, 2.75) is 37.8 Å². The maximum absolute atomic E-state index is 12.9. The summed E-state index contributed by atoms with van der Waals surface area (Å²) in [5.74, 6) is 1.93. The van der Waals surface area contributed by atoms with Crippen molar-refractivity contribution in [2.75, 3.05) is 13.7 Å². The van der Waals surface area contributed by atoms with Gasteiger partial charge in [-0.3, -0.25) is 13.9 Å². The summed E-state index contributed by atoms with van der Waals surface area (Å²) in [6, 6.07) is 6.60. The molecule has 1 N–H and O–H groups in total. The van der Waals surface area contributed by atoms with Gasteiger partial charge in [-0.25, -0.2) is 9.78 Å². The first-order valence-electron chi connectivity index (χ1n) is 10.5. The second-order valence-electron chi connectivity index (χ2n) is 8.47. The van der Waals surface area contributed by atoms with Crippen LogP contribution in [0.4, 0.5) is 0 Å². The quantitative estimate of drug-likeness (QED) is 0.699. The molecule has 8 nitrogen and oxygen atoms in total. The highest BCUT2D eigenvalue weighted by molar-refractivity contribution is 5.69. The van der Waals surface area contributed by atoms with Gasteiger partial charge in [0.2, 0.25) is 0 Å². The average Bonchev–Trinajstić information content (AvgIpc) is 3.35. The van der Waals surface area contributed by atoms with Crippen molar-refractivity contribution in [2.24, 2.45) is 20.0 Å². The Kier molecular flexibility index (Phi) is 4.54. The fourth-order valence-electron chi connectivity index (χ4n) is 5.54. The zero-order valence-electron chi connectivity index (χ0n) is 17.6. The van der Waals surface area contributed by atoms with Crippen molar-refractivity contribution in [1.82, 2.24) is 24.0 Å². The Hall–Kier alpha value is -2.87. The van der Waals surface area contributed by atoms with Crippen molar-refractivity contribution >= 4 is 11.2 Å². The Morgan fingerprint density at radius 2 is 2.10 bits per heavy atom. The third kappa shape index (κ3) is 2.74.